The average molecular weight is 350 g/mol. The van der Waals surface area contributed by atoms with Crippen molar-refractivity contribution in [1.29, 1.82) is 0 Å². The molecule has 0 aromatic rings. The Morgan fingerprint density at radius 1 is 1.31 bits per heavy atom. The van der Waals surface area contributed by atoms with Gasteiger partial charge in [0.25, 0.3) is 0 Å². The monoisotopic (exact) mass is 351 g/mol. The minimum atomic E-state index is 0. The van der Waals surface area contributed by atoms with Gasteiger partial charge in [0.05, 0.1) is 0 Å². The van der Waals surface area contributed by atoms with Crippen LogP contribution in [0.2, 0.25) is 0 Å². The molecule has 1 radical (unpaired) electrons. The first-order valence-corrected chi connectivity index (χ1v) is 4.35. The van der Waals surface area contributed by atoms with Crippen LogP contribution in [0.3, 0.4) is 0 Å². The number of allylic oxidation sites excluding steroid dienone is 8. The van der Waals surface area contributed by atoms with Gasteiger partial charge in [-0.15, -0.1) is 12.8 Å². The smallest absolute Gasteiger partial charge is 0 e. The van der Waals surface area contributed by atoms with Gasteiger partial charge in [0.15, 0.2) is 0 Å². The molecule has 0 N–H and O–H groups in total. The molecule has 1 heteroatoms. The first-order chi connectivity index (χ1) is 5.89. The molecule has 0 amide bonds. The van der Waals surface area contributed by atoms with Gasteiger partial charge in [-0.1, -0.05) is 13.3 Å². The summed E-state index contributed by atoms with van der Waals surface area (Å²) < 4.78 is 0. The van der Waals surface area contributed by atoms with Crippen molar-refractivity contribution in [3.8, 4) is 0 Å². The Morgan fingerprint density at radius 3 is 2.31 bits per heavy atom. The summed E-state index contributed by atoms with van der Waals surface area (Å²) in [6, 6.07) is 0. The Bertz CT molecular complexity index is 217. The van der Waals surface area contributed by atoms with E-state index in [1.165, 1.54) is 12.0 Å². The molecule has 0 saturated heterocycles. The van der Waals surface area contributed by atoms with Crippen molar-refractivity contribution in [2.75, 3.05) is 0 Å². The second-order valence-corrected chi connectivity index (χ2v) is 2.80. The van der Waals surface area contributed by atoms with Crippen molar-refractivity contribution < 1.29 is 20.1 Å². The zero-order valence-electron chi connectivity index (χ0n) is 7.84. The normalized spacial score (nSPS) is 17.2. The fraction of sp³-hybridized carbons (Fsp3) is 0.333. The molecular formula is C12H14Ir-2. The summed E-state index contributed by atoms with van der Waals surface area (Å²) in [6.07, 6.45) is 19.8. The third-order valence-corrected chi connectivity index (χ3v) is 1.67. The summed E-state index contributed by atoms with van der Waals surface area (Å²) in [5, 5.41) is 0. The summed E-state index contributed by atoms with van der Waals surface area (Å²) in [6.45, 7) is 2.06. The SMILES string of the molecule is CC1=[C-]CC=C1.[C-]1=CC=CCC1.[Ir]. The van der Waals surface area contributed by atoms with Gasteiger partial charge in [-0.25, -0.2) is 23.8 Å². The first kappa shape index (κ1) is 12.6. The minimum Gasteiger partial charge on any atom is -0.275 e. The second kappa shape index (κ2) is 8.22. The molecule has 2 aliphatic rings. The van der Waals surface area contributed by atoms with E-state index in [2.05, 4.69) is 37.3 Å². The summed E-state index contributed by atoms with van der Waals surface area (Å²) in [4.78, 5) is 0. The number of hydrogen-bond donors (Lipinski definition) is 0. The van der Waals surface area contributed by atoms with Crippen LogP contribution in [0.5, 0.6) is 0 Å². The molecular weight excluding hydrogens is 336 g/mol. The Kier molecular flexibility index (Phi) is 7.97. The van der Waals surface area contributed by atoms with Crippen LogP contribution in [-0.4, -0.2) is 0 Å². The van der Waals surface area contributed by atoms with Crippen LogP contribution in [0.1, 0.15) is 26.2 Å². The van der Waals surface area contributed by atoms with Crippen LogP contribution in [0, 0.1) is 12.2 Å². The van der Waals surface area contributed by atoms with Gasteiger partial charge in [-0.3, -0.25) is 12.2 Å². The van der Waals surface area contributed by atoms with E-state index in [0.29, 0.717) is 0 Å². The maximum absolute atomic E-state index is 3.12. The summed E-state index contributed by atoms with van der Waals surface area (Å²) in [5.74, 6) is 0. The van der Waals surface area contributed by atoms with E-state index in [4.69, 9.17) is 0 Å². The molecule has 0 bridgehead atoms. The third kappa shape index (κ3) is 6.74. The Hall–Kier alpha value is -0.391. The zero-order valence-corrected chi connectivity index (χ0v) is 10.2. The van der Waals surface area contributed by atoms with Crippen molar-refractivity contribution in [3.63, 3.8) is 0 Å². The van der Waals surface area contributed by atoms with Gasteiger partial charge in [0.1, 0.15) is 0 Å². The molecule has 0 heterocycles. The quantitative estimate of drug-likeness (QED) is 0.588. The fourth-order valence-corrected chi connectivity index (χ4v) is 0.997. The summed E-state index contributed by atoms with van der Waals surface area (Å²) >= 11 is 0. The Morgan fingerprint density at radius 2 is 2.15 bits per heavy atom. The molecule has 0 atom stereocenters. The van der Waals surface area contributed by atoms with Crippen LogP contribution < -0.4 is 0 Å². The molecule has 13 heavy (non-hydrogen) atoms. The molecule has 0 aliphatic heterocycles. The van der Waals surface area contributed by atoms with Crippen molar-refractivity contribution in [2.24, 2.45) is 0 Å². The van der Waals surface area contributed by atoms with E-state index >= 15 is 0 Å². The van der Waals surface area contributed by atoms with Gasteiger partial charge in [-0.2, -0.15) is 12.2 Å². The maximum atomic E-state index is 3.12. The Balaban J connectivity index is 0.000000206. The molecule has 2 aliphatic carbocycles. The van der Waals surface area contributed by atoms with E-state index < -0.39 is 0 Å². The molecule has 0 unspecified atom stereocenters. The molecule has 0 saturated carbocycles. The van der Waals surface area contributed by atoms with Crippen LogP contribution in [0.15, 0.2) is 36.0 Å². The fourth-order valence-electron chi connectivity index (χ4n) is 0.997. The molecule has 0 fully saturated rings. The first-order valence-electron chi connectivity index (χ1n) is 4.35. The molecule has 0 spiro atoms. The molecule has 0 nitrogen and oxygen atoms in total. The van der Waals surface area contributed by atoms with Gasteiger partial charge in [-0.05, 0) is 0 Å². The molecule has 0 aromatic heterocycles. The van der Waals surface area contributed by atoms with Crippen LogP contribution >= 0.6 is 0 Å². The van der Waals surface area contributed by atoms with Crippen molar-refractivity contribution in [1.82, 2.24) is 0 Å². The standard InChI is InChI=1S/2C6H7.Ir/c1-6-4-2-3-5-6;1-2-4-6-5-3-1;/h2,4H,3H2,1H3;1-3H,4,6H2;/q2*-1;. The van der Waals surface area contributed by atoms with Gasteiger partial charge in [0, 0.05) is 20.1 Å². The molecule has 73 valence electrons. The minimum absolute atomic E-state index is 0. The largest absolute Gasteiger partial charge is 0.275 e. The van der Waals surface area contributed by atoms with E-state index in [-0.39, 0.29) is 20.1 Å². The second-order valence-electron chi connectivity index (χ2n) is 2.80. The summed E-state index contributed by atoms with van der Waals surface area (Å²) in [5.41, 5.74) is 1.27. The van der Waals surface area contributed by atoms with Crippen molar-refractivity contribution >= 4 is 0 Å². The van der Waals surface area contributed by atoms with Crippen LogP contribution in [0.4, 0.5) is 0 Å². The summed E-state index contributed by atoms with van der Waals surface area (Å²) in [7, 11) is 0. The maximum Gasteiger partial charge on any atom is 0 e. The van der Waals surface area contributed by atoms with E-state index in [0.717, 1.165) is 12.8 Å². The van der Waals surface area contributed by atoms with E-state index in [1.54, 1.807) is 0 Å². The number of hydrogen-bond acceptors (Lipinski definition) is 0. The van der Waals surface area contributed by atoms with E-state index in [9.17, 15) is 0 Å². The molecule has 2 rings (SSSR count). The van der Waals surface area contributed by atoms with Gasteiger partial charge >= 0.3 is 0 Å². The van der Waals surface area contributed by atoms with Crippen molar-refractivity contribution in [2.45, 2.75) is 26.2 Å². The predicted octanol–water partition coefficient (Wildman–Crippen LogP) is 3.39. The van der Waals surface area contributed by atoms with Crippen molar-refractivity contribution in [3.05, 3.63) is 48.1 Å². The number of rotatable bonds is 0. The Labute approximate surface area is 94.5 Å². The van der Waals surface area contributed by atoms with Gasteiger partial charge in [0.2, 0.25) is 0 Å². The zero-order chi connectivity index (χ0) is 8.65. The third-order valence-electron chi connectivity index (χ3n) is 1.67. The predicted molar refractivity (Wildman–Crippen MR) is 52.4 cm³/mol. The molecule has 0 aromatic carbocycles. The van der Waals surface area contributed by atoms with Gasteiger partial charge < -0.3 is 0 Å². The average Bonchev–Trinajstić information content (AvgIpc) is 2.60. The van der Waals surface area contributed by atoms with Crippen LogP contribution in [0.25, 0.3) is 0 Å². The van der Waals surface area contributed by atoms with E-state index in [1.807, 2.05) is 12.2 Å². The van der Waals surface area contributed by atoms with Crippen LogP contribution in [-0.2, 0) is 20.1 Å². The topological polar surface area (TPSA) is 0 Å².